The van der Waals surface area contributed by atoms with E-state index in [0.29, 0.717) is 29.4 Å². The molecule has 0 aromatic heterocycles. The van der Waals surface area contributed by atoms with Crippen molar-refractivity contribution in [3.8, 4) is 0 Å². The van der Waals surface area contributed by atoms with Gasteiger partial charge in [0.25, 0.3) is 21.8 Å². The van der Waals surface area contributed by atoms with Crippen LogP contribution in [0.2, 0.25) is 0 Å². The van der Waals surface area contributed by atoms with Gasteiger partial charge in [-0.1, -0.05) is 29.3 Å². The van der Waals surface area contributed by atoms with Gasteiger partial charge in [-0.2, -0.15) is 8.42 Å². The molecule has 2 heterocycles. The molecule has 0 bridgehead atoms. The van der Waals surface area contributed by atoms with Crippen molar-refractivity contribution in [3.05, 3.63) is 65.2 Å². The molecular weight excluding hydrogens is 410 g/mol. The Balaban J connectivity index is 1.34. The molecule has 2 aliphatic heterocycles. The summed E-state index contributed by atoms with van der Waals surface area (Å²) in [5, 5.41) is 0.473. The van der Waals surface area contributed by atoms with Crippen LogP contribution in [0.4, 0.5) is 0 Å². The fraction of sp³-hybridized carbons (Fsp3) is 0.200. The first-order valence-electron chi connectivity index (χ1n) is 9.14. The van der Waals surface area contributed by atoms with Gasteiger partial charge in [-0.3, -0.25) is 9.59 Å². The van der Waals surface area contributed by atoms with Crippen molar-refractivity contribution in [3.63, 3.8) is 0 Å². The largest absolute Gasteiger partial charge is 0.358 e. The van der Waals surface area contributed by atoms with Gasteiger partial charge in [-0.15, -0.1) is 4.40 Å². The molecule has 10 heteroatoms. The van der Waals surface area contributed by atoms with Crippen LogP contribution in [0.25, 0.3) is 0 Å². The standard InChI is InChI=1S/C20H17N3O6S/c1-22(18-15-9-4-5-10-16(15)30(27,28)21-18)12-6-11-17(24)29-23-19(25)13-7-2-3-8-14(13)20(23)26/h2-5,7-10H,6,11-12H2,1H3. The minimum absolute atomic E-state index is 0.0700. The number of sulfonamides is 1. The minimum atomic E-state index is -3.72. The number of hydrogen-bond acceptors (Lipinski definition) is 7. The van der Waals surface area contributed by atoms with Crippen LogP contribution in [0, 0.1) is 0 Å². The van der Waals surface area contributed by atoms with Crippen molar-refractivity contribution >= 4 is 33.6 Å². The van der Waals surface area contributed by atoms with Gasteiger partial charge in [0.05, 0.1) is 11.1 Å². The summed E-state index contributed by atoms with van der Waals surface area (Å²) in [5.74, 6) is -1.79. The Hall–Kier alpha value is -3.53. The van der Waals surface area contributed by atoms with Crippen LogP contribution in [-0.4, -0.2) is 55.6 Å². The fourth-order valence-electron chi connectivity index (χ4n) is 3.33. The predicted molar refractivity (Wildman–Crippen MR) is 105 cm³/mol. The molecule has 0 N–H and O–H groups in total. The Labute approximate surface area is 172 Å². The molecule has 0 radical (unpaired) electrons. The lowest BCUT2D eigenvalue weighted by Crippen LogP contribution is -2.33. The third-order valence-corrected chi connectivity index (χ3v) is 6.12. The number of amidine groups is 1. The minimum Gasteiger partial charge on any atom is -0.358 e. The molecule has 4 rings (SSSR count). The SMILES string of the molecule is CN(CCCC(=O)ON1C(=O)c2ccccc2C1=O)C1=NS(=O)(=O)c2ccccc21. The number of hydrogen-bond donors (Lipinski definition) is 0. The second-order valence-electron chi connectivity index (χ2n) is 6.82. The number of carbonyl (C=O) groups excluding carboxylic acids is 3. The van der Waals surface area contributed by atoms with Gasteiger partial charge < -0.3 is 9.74 Å². The molecule has 2 amide bonds. The van der Waals surface area contributed by atoms with Crippen molar-refractivity contribution in [2.24, 2.45) is 4.40 Å². The molecule has 2 aromatic carbocycles. The maximum Gasteiger partial charge on any atom is 0.333 e. The molecule has 2 aromatic rings. The van der Waals surface area contributed by atoms with Crippen molar-refractivity contribution in [1.29, 1.82) is 0 Å². The van der Waals surface area contributed by atoms with Gasteiger partial charge in [0.2, 0.25) is 0 Å². The molecule has 154 valence electrons. The zero-order valence-corrected chi connectivity index (χ0v) is 16.8. The quantitative estimate of drug-likeness (QED) is 0.666. The number of hydroxylamine groups is 2. The summed E-state index contributed by atoms with van der Waals surface area (Å²) in [6, 6.07) is 12.7. The molecule has 30 heavy (non-hydrogen) atoms. The number of rotatable bonds is 5. The zero-order chi connectivity index (χ0) is 21.5. The van der Waals surface area contributed by atoms with E-state index >= 15 is 0 Å². The molecule has 0 aliphatic carbocycles. The molecule has 0 spiro atoms. The summed E-state index contributed by atoms with van der Waals surface area (Å²) >= 11 is 0. The topological polar surface area (TPSA) is 113 Å². The van der Waals surface area contributed by atoms with E-state index in [0.717, 1.165) is 0 Å². The van der Waals surface area contributed by atoms with Gasteiger partial charge in [0.15, 0.2) is 0 Å². The summed E-state index contributed by atoms with van der Waals surface area (Å²) in [5.41, 5.74) is 0.886. The van der Waals surface area contributed by atoms with Crippen molar-refractivity contribution < 1.29 is 27.6 Å². The first-order chi connectivity index (χ1) is 14.3. The predicted octanol–water partition coefficient (Wildman–Crippen LogP) is 1.60. The first-order valence-corrected chi connectivity index (χ1v) is 10.6. The molecule has 0 unspecified atom stereocenters. The molecule has 0 saturated heterocycles. The number of amides is 2. The summed E-state index contributed by atoms with van der Waals surface area (Å²) in [7, 11) is -2.05. The molecule has 0 atom stereocenters. The normalized spacial score (nSPS) is 16.2. The molecule has 0 fully saturated rings. The van der Waals surface area contributed by atoms with E-state index in [4.69, 9.17) is 4.84 Å². The van der Waals surface area contributed by atoms with E-state index in [1.807, 2.05) is 0 Å². The lowest BCUT2D eigenvalue weighted by Gasteiger charge is -2.19. The van der Waals surface area contributed by atoms with E-state index in [2.05, 4.69) is 4.40 Å². The molecular formula is C20H17N3O6S. The number of carbonyl (C=O) groups is 3. The molecule has 9 nitrogen and oxygen atoms in total. The van der Waals surface area contributed by atoms with Gasteiger partial charge in [0, 0.05) is 25.6 Å². The maximum absolute atomic E-state index is 12.2. The number of fused-ring (bicyclic) bond motifs is 2. The van der Waals surface area contributed by atoms with Crippen molar-refractivity contribution in [1.82, 2.24) is 9.96 Å². The highest BCUT2D eigenvalue weighted by molar-refractivity contribution is 7.90. The van der Waals surface area contributed by atoms with Crippen LogP contribution in [0.3, 0.4) is 0 Å². The monoisotopic (exact) mass is 427 g/mol. The van der Waals surface area contributed by atoms with Crippen LogP contribution < -0.4 is 0 Å². The average Bonchev–Trinajstić information content (AvgIpc) is 3.14. The van der Waals surface area contributed by atoms with E-state index in [1.165, 1.54) is 18.2 Å². The smallest absolute Gasteiger partial charge is 0.333 e. The van der Waals surface area contributed by atoms with Gasteiger partial charge in [0.1, 0.15) is 10.7 Å². The Kier molecular flexibility index (Phi) is 4.86. The van der Waals surface area contributed by atoms with E-state index in [9.17, 15) is 22.8 Å². The Morgan fingerprint density at radius 2 is 1.57 bits per heavy atom. The van der Waals surface area contributed by atoms with Crippen LogP contribution in [0.5, 0.6) is 0 Å². The maximum atomic E-state index is 12.2. The fourth-order valence-corrected chi connectivity index (χ4v) is 4.58. The Morgan fingerprint density at radius 1 is 1.00 bits per heavy atom. The van der Waals surface area contributed by atoms with Gasteiger partial charge in [-0.05, 0) is 30.7 Å². The summed E-state index contributed by atoms with van der Waals surface area (Å²) in [4.78, 5) is 43.3. The third kappa shape index (κ3) is 3.35. The number of nitrogens with zero attached hydrogens (tertiary/aromatic N) is 3. The third-order valence-electron chi connectivity index (χ3n) is 4.80. The van der Waals surface area contributed by atoms with Crippen molar-refractivity contribution in [2.75, 3.05) is 13.6 Å². The highest BCUT2D eigenvalue weighted by Gasteiger charge is 2.38. The Bertz CT molecular complexity index is 1170. The first kappa shape index (κ1) is 19.8. The van der Waals surface area contributed by atoms with Gasteiger partial charge >= 0.3 is 5.97 Å². The van der Waals surface area contributed by atoms with E-state index < -0.39 is 27.8 Å². The molecule has 0 saturated carbocycles. The highest BCUT2D eigenvalue weighted by atomic mass is 32.2. The second kappa shape index (κ2) is 7.38. The zero-order valence-electron chi connectivity index (χ0n) is 15.9. The number of imide groups is 1. The van der Waals surface area contributed by atoms with Crippen LogP contribution in [0.15, 0.2) is 57.8 Å². The summed E-state index contributed by atoms with van der Waals surface area (Å²) in [6.45, 7) is 0.319. The lowest BCUT2D eigenvalue weighted by atomic mass is 10.1. The van der Waals surface area contributed by atoms with Crippen LogP contribution in [-0.2, 0) is 19.7 Å². The highest BCUT2D eigenvalue weighted by Crippen LogP contribution is 2.27. The van der Waals surface area contributed by atoms with E-state index in [1.54, 1.807) is 42.3 Å². The van der Waals surface area contributed by atoms with Crippen LogP contribution in [0.1, 0.15) is 39.1 Å². The van der Waals surface area contributed by atoms with Crippen LogP contribution >= 0.6 is 0 Å². The lowest BCUT2D eigenvalue weighted by molar-refractivity contribution is -0.168. The van der Waals surface area contributed by atoms with E-state index in [-0.39, 0.29) is 22.4 Å². The summed E-state index contributed by atoms with van der Waals surface area (Å²) < 4.78 is 28.1. The Morgan fingerprint density at radius 3 is 2.20 bits per heavy atom. The van der Waals surface area contributed by atoms with Crippen molar-refractivity contribution in [2.45, 2.75) is 17.7 Å². The molecule has 2 aliphatic rings. The summed E-state index contributed by atoms with van der Waals surface area (Å²) in [6.07, 6.45) is 0.235. The average molecular weight is 427 g/mol. The second-order valence-corrected chi connectivity index (χ2v) is 8.40. The number of benzene rings is 2. The van der Waals surface area contributed by atoms with Gasteiger partial charge in [-0.25, -0.2) is 4.79 Å².